The molecular formula is C27H52BrNO6. The summed E-state index contributed by atoms with van der Waals surface area (Å²) in [6, 6.07) is 0. The lowest BCUT2D eigenvalue weighted by Gasteiger charge is -2.08. The van der Waals surface area contributed by atoms with E-state index < -0.39 is 5.97 Å². The van der Waals surface area contributed by atoms with E-state index in [-0.39, 0.29) is 5.91 Å². The van der Waals surface area contributed by atoms with Crippen LogP contribution in [0.2, 0.25) is 0 Å². The number of carbonyl (C=O) groups is 2. The van der Waals surface area contributed by atoms with Gasteiger partial charge in [-0.15, -0.1) is 0 Å². The van der Waals surface area contributed by atoms with Gasteiger partial charge in [0.05, 0.1) is 33.0 Å². The van der Waals surface area contributed by atoms with Gasteiger partial charge in [0.15, 0.2) is 0 Å². The van der Waals surface area contributed by atoms with Crippen molar-refractivity contribution in [3.8, 4) is 0 Å². The molecule has 0 unspecified atom stereocenters. The number of rotatable bonds is 29. The van der Waals surface area contributed by atoms with Crippen molar-refractivity contribution < 1.29 is 28.9 Å². The molecule has 0 aromatic heterocycles. The lowest BCUT2D eigenvalue weighted by atomic mass is 10.0. The van der Waals surface area contributed by atoms with E-state index in [9.17, 15) is 9.59 Å². The van der Waals surface area contributed by atoms with Gasteiger partial charge in [0.2, 0.25) is 5.91 Å². The molecule has 7 nitrogen and oxygen atoms in total. The van der Waals surface area contributed by atoms with Crippen LogP contribution in [-0.2, 0) is 23.8 Å². The summed E-state index contributed by atoms with van der Waals surface area (Å²) in [5, 5.41) is 12.5. The summed E-state index contributed by atoms with van der Waals surface area (Å²) in [6.45, 7) is 4.11. The third-order valence-corrected chi connectivity index (χ3v) is 6.34. The summed E-state index contributed by atoms with van der Waals surface area (Å²) in [5.74, 6) is -0.559. The number of ether oxygens (including phenoxy) is 3. The van der Waals surface area contributed by atoms with Crippen molar-refractivity contribution in [2.45, 2.75) is 109 Å². The summed E-state index contributed by atoms with van der Waals surface area (Å²) >= 11 is 3.36. The molecule has 0 saturated carbocycles. The maximum atomic E-state index is 11.9. The Hall–Kier alpha value is -0.700. The predicted octanol–water partition coefficient (Wildman–Crippen LogP) is 6.26. The number of nitrogens with one attached hydrogen (secondary N) is 1. The van der Waals surface area contributed by atoms with Crippen molar-refractivity contribution >= 4 is 27.8 Å². The van der Waals surface area contributed by atoms with E-state index in [2.05, 4.69) is 21.2 Å². The number of aliphatic carboxylic acids is 1. The number of hydrogen-bond acceptors (Lipinski definition) is 5. The quantitative estimate of drug-likeness (QED) is 0.0820. The summed E-state index contributed by atoms with van der Waals surface area (Å²) in [7, 11) is 0. The molecule has 0 aliphatic carbocycles. The Morgan fingerprint density at radius 3 is 1.40 bits per heavy atom. The smallest absolute Gasteiger partial charge is 0.303 e. The first-order chi connectivity index (χ1) is 17.2. The molecule has 35 heavy (non-hydrogen) atoms. The molecule has 2 N–H and O–H groups in total. The zero-order valence-electron chi connectivity index (χ0n) is 22.0. The fourth-order valence-electron chi connectivity index (χ4n) is 3.73. The van der Waals surface area contributed by atoms with Gasteiger partial charge in [0.25, 0.3) is 0 Å². The maximum absolute atomic E-state index is 11.9. The first-order valence-electron chi connectivity index (χ1n) is 13.9. The Morgan fingerprint density at radius 1 is 0.543 bits per heavy atom. The minimum Gasteiger partial charge on any atom is -0.481 e. The number of halogens is 1. The highest BCUT2D eigenvalue weighted by molar-refractivity contribution is 9.09. The first-order valence-corrected chi connectivity index (χ1v) is 15.1. The molecule has 0 aromatic carbocycles. The van der Waals surface area contributed by atoms with Crippen LogP contribution in [0.1, 0.15) is 109 Å². The Morgan fingerprint density at radius 2 is 0.943 bits per heavy atom. The Balaban J connectivity index is 3.15. The largest absolute Gasteiger partial charge is 0.481 e. The predicted molar refractivity (Wildman–Crippen MR) is 145 cm³/mol. The van der Waals surface area contributed by atoms with E-state index in [1.165, 1.54) is 64.2 Å². The van der Waals surface area contributed by atoms with Crippen LogP contribution in [-0.4, -0.2) is 68.5 Å². The van der Waals surface area contributed by atoms with Gasteiger partial charge in [-0.05, 0) is 19.3 Å². The molecule has 1 amide bonds. The number of hydrogen-bond donors (Lipinski definition) is 2. The Labute approximate surface area is 222 Å². The number of unbranched alkanes of at least 4 members (excludes halogenated alkanes) is 13. The van der Waals surface area contributed by atoms with Gasteiger partial charge in [-0.25, -0.2) is 0 Å². The maximum Gasteiger partial charge on any atom is 0.303 e. The standard InChI is InChI=1S/C27H52BrNO6/c28-18-15-20-33-22-24-35-25-23-34-21-19-29-26(30)16-13-11-9-7-5-3-1-2-4-6-8-10-12-14-17-27(31)32/h1-25H2,(H,29,30)(H,31,32). The molecule has 0 heterocycles. The number of amides is 1. The molecule has 0 spiro atoms. The molecule has 208 valence electrons. The van der Waals surface area contributed by atoms with Crippen LogP contribution in [0, 0.1) is 0 Å². The topological polar surface area (TPSA) is 94.1 Å². The average molecular weight is 567 g/mol. The molecule has 0 saturated heterocycles. The summed E-state index contributed by atoms with van der Waals surface area (Å²) in [4.78, 5) is 22.3. The van der Waals surface area contributed by atoms with Crippen molar-refractivity contribution in [3.05, 3.63) is 0 Å². The van der Waals surface area contributed by atoms with E-state index in [0.29, 0.717) is 52.4 Å². The molecule has 0 radical (unpaired) electrons. The van der Waals surface area contributed by atoms with Crippen LogP contribution in [0.3, 0.4) is 0 Å². The highest BCUT2D eigenvalue weighted by atomic mass is 79.9. The number of alkyl halides is 1. The van der Waals surface area contributed by atoms with E-state index in [4.69, 9.17) is 19.3 Å². The van der Waals surface area contributed by atoms with Gasteiger partial charge < -0.3 is 24.6 Å². The van der Waals surface area contributed by atoms with Crippen LogP contribution in [0.4, 0.5) is 0 Å². The highest BCUT2D eigenvalue weighted by Gasteiger charge is 2.01. The monoisotopic (exact) mass is 565 g/mol. The second-order valence-corrected chi connectivity index (χ2v) is 9.87. The minimum atomic E-state index is -0.677. The molecule has 0 fully saturated rings. The summed E-state index contributed by atoms with van der Waals surface area (Å²) in [5.41, 5.74) is 0. The summed E-state index contributed by atoms with van der Waals surface area (Å²) < 4.78 is 16.3. The second-order valence-electron chi connectivity index (χ2n) is 9.07. The summed E-state index contributed by atoms with van der Waals surface area (Å²) in [6.07, 6.45) is 18.6. The van der Waals surface area contributed by atoms with Crippen LogP contribution < -0.4 is 5.32 Å². The van der Waals surface area contributed by atoms with Crippen molar-refractivity contribution in [1.29, 1.82) is 0 Å². The number of carboxylic acid groups (broad SMARTS) is 1. The van der Waals surface area contributed by atoms with Crippen molar-refractivity contribution in [1.82, 2.24) is 5.32 Å². The van der Waals surface area contributed by atoms with Crippen molar-refractivity contribution in [3.63, 3.8) is 0 Å². The third-order valence-electron chi connectivity index (χ3n) is 5.78. The van der Waals surface area contributed by atoms with Crippen molar-refractivity contribution in [2.24, 2.45) is 0 Å². The molecular weight excluding hydrogens is 514 g/mol. The molecule has 0 aliphatic rings. The van der Waals surface area contributed by atoms with Crippen LogP contribution in [0.15, 0.2) is 0 Å². The normalized spacial score (nSPS) is 11.1. The number of carboxylic acids is 1. The highest BCUT2D eigenvalue weighted by Crippen LogP contribution is 2.13. The van der Waals surface area contributed by atoms with E-state index >= 15 is 0 Å². The molecule has 0 rings (SSSR count). The molecule has 8 heteroatoms. The zero-order valence-corrected chi connectivity index (χ0v) is 23.6. The van der Waals surface area contributed by atoms with Gasteiger partial charge in [-0.2, -0.15) is 0 Å². The molecule has 0 aliphatic heterocycles. The van der Waals surface area contributed by atoms with Gasteiger partial charge in [0, 0.05) is 31.3 Å². The molecule has 0 atom stereocenters. The van der Waals surface area contributed by atoms with E-state index in [0.717, 1.165) is 44.0 Å². The van der Waals surface area contributed by atoms with Crippen molar-refractivity contribution in [2.75, 3.05) is 51.5 Å². The third kappa shape index (κ3) is 31.3. The lowest BCUT2D eigenvalue weighted by molar-refractivity contribution is -0.137. The number of carbonyl (C=O) groups excluding carboxylic acids is 1. The fraction of sp³-hybridized carbons (Fsp3) is 0.926. The Kier molecular flexibility index (Phi) is 28.9. The van der Waals surface area contributed by atoms with Crippen LogP contribution >= 0.6 is 15.9 Å². The Bertz CT molecular complexity index is 467. The lowest BCUT2D eigenvalue weighted by Crippen LogP contribution is -2.27. The van der Waals surface area contributed by atoms with Gasteiger partial charge >= 0.3 is 5.97 Å². The molecule has 0 bridgehead atoms. The van der Waals surface area contributed by atoms with E-state index in [1.54, 1.807) is 0 Å². The minimum absolute atomic E-state index is 0.118. The van der Waals surface area contributed by atoms with Gasteiger partial charge in [-0.3, -0.25) is 9.59 Å². The van der Waals surface area contributed by atoms with E-state index in [1.807, 2.05) is 0 Å². The van der Waals surface area contributed by atoms with Gasteiger partial charge in [0.1, 0.15) is 0 Å². The zero-order chi connectivity index (χ0) is 25.7. The fourth-order valence-corrected chi connectivity index (χ4v) is 3.96. The van der Waals surface area contributed by atoms with Crippen LogP contribution in [0.5, 0.6) is 0 Å². The SMILES string of the molecule is O=C(O)CCCCCCCCCCCCCCCCC(=O)NCCOCCOCCOCCCBr. The first kappa shape index (κ1) is 34.3. The second kappa shape index (κ2) is 29.5. The van der Waals surface area contributed by atoms with Gasteiger partial charge in [-0.1, -0.05) is 93.0 Å². The average Bonchev–Trinajstić information content (AvgIpc) is 2.84. The molecule has 0 aromatic rings. The van der Waals surface area contributed by atoms with Crippen LogP contribution in [0.25, 0.3) is 0 Å².